The third kappa shape index (κ3) is 4.39. The normalized spacial score (nSPS) is 10.5. The first-order valence-corrected chi connectivity index (χ1v) is 7.26. The van der Waals surface area contributed by atoms with Gasteiger partial charge in [-0.05, 0) is 61.6 Å². The van der Waals surface area contributed by atoms with Gasteiger partial charge in [0.25, 0.3) is 0 Å². The fourth-order valence-corrected chi connectivity index (χ4v) is 2.24. The fourth-order valence-electron chi connectivity index (χ4n) is 2.24. The summed E-state index contributed by atoms with van der Waals surface area (Å²) in [6.07, 6.45) is 3.34. The SMILES string of the molecule is Cc1cc(OCc2ccccc2)ccc1CCCCN. The lowest BCUT2D eigenvalue weighted by molar-refractivity contribution is 0.306. The Morgan fingerprint density at radius 2 is 1.80 bits per heavy atom. The van der Waals surface area contributed by atoms with Gasteiger partial charge in [-0.25, -0.2) is 0 Å². The maximum Gasteiger partial charge on any atom is 0.120 e. The number of ether oxygens (including phenoxy) is 1. The molecule has 0 heterocycles. The minimum atomic E-state index is 0.618. The Morgan fingerprint density at radius 1 is 1.00 bits per heavy atom. The van der Waals surface area contributed by atoms with Crippen molar-refractivity contribution in [2.75, 3.05) is 6.54 Å². The van der Waals surface area contributed by atoms with E-state index in [2.05, 4.69) is 37.3 Å². The highest BCUT2D eigenvalue weighted by Gasteiger charge is 2.01. The highest BCUT2D eigenvalue weighted by Crippen LogP contribution is 2.20. The first-order valence-electron chi connectivity index (χ1n) is 7.26. The van der Waals surface area contributed by atoms with Crippen LogP contribution in [-0.2, 0) is 13.0 Å². The Bertz CT molecular complexity index is 522. The molecule has 2 heteroatoms. The highest BCUT2D eigenvalue weighted by molar-refractivity contribution is 5.35. The average molecular weight is 269 g/mol. The van der Waals surface area contributed by atoms with E-state index in [4.69, 9.17) is 10.5 Å². The van der Waals surface area contributed by atoms with Gasteiger partial charge in [-0.2, -0.15) is 0 Å². The Kier molecular flexibility index (Phi) is 5.63. The lowest BCUT2D eigenvalue weighted by Crippen LogP contribution is -2.00. The molecule has 0 spiro atoms. The van der Waals surface area contributed by atoms with Crippen LogP contribution in [0.5, 0.6) is 5.75 Å². The van der Waals surface area contributed by atoms with Crippen LogP contribution in [0.15, 0.2) is 48.5 Å². The predicted octanol–water partition coefficient (Wildman–Crippen LogP) is 3.86. The maximum atomic E-state index is 5.83. The van der Waals surface area contributed by atoms with Crippen molar-refractivity contribution in [3.05, 3.63) is 65.2 Å². The van der Waals surface area contributed by atoms with Crippen molar-refractivity contribution in [2.45, 2.75) is 32.8 Å². The van der Waals surface area contributed by atoms with Gasteiger partial charge in [-0.3, -0.25) is 0 Å². The molecule has 0 aliphatic carbocycles. The Balaban J connectivity index is 1.91. The third-order valence-corrected chi connectivity index (χ3v) is 3.46. The van der Waals surface area contributed by atoms with Crippen LogP contribution in [0.4, 0.5) is 0 Å². The minimum absolute atomic E-state index is 0.618. The minimum Gasteiger partial charge on any atom is -0.489 e. The zero-order valence-electron chi connectivity index (χ0n) is 12.1. The molecule has 20 heavy (non-hydrogen) atoms. The van der Waals surface area contributed by atoms with Crippen LogP contribution in [0.3, 0.4) is 0 Å². The Hall–Kier alpha value is -1.80. The molecule has 2 N–H and O–H groups in total. The Labute approximate surface area is 121 Å². The first kappa shape index (κ1) is 14.6. The molecule has 0 saturated heterocycles. The molecule has 2 nitrogen and oxygen atoms in total. The largest absolute Gasteiger partial charge is 0.489 e. The summed E-state index contributed by atoms with van der Waals surface area (Å²) in [5, 5.41) is 0. The van der Waals surface area contributed by atoms with Crippen LogP contribution < -0.4 is 10.5 Å². The summed E-state index contributed by atoms with van der Waals surface area (Å²) in [5.41, 5.74) is 9.41. The van der Waals surface area contributed by atoms with Crippen molar-refractivity contribution in [1.29, 1.82) is 0 Å². The van der Waals surface area contributed by atoms with E-state index >= 15 is 0 Å². The molecule has 2 rings (SSSR count). The van der Waals surface area contributed by atoms with Gasteiger partial charge in [-0.1, -0.05) is 36.4 Å². The standard InChI is InChI=1S/C18H23NO/c1-15-13-18(11-10-17(15)9-5-6-12-19)20-14-16-7-3-2-4-8-16/h2-4,7-8,10-11,13H,5-6,9,12,14,19H2,1H3. The molecule has 0 unspecified atom stereocenters. The van der Waals surface area contributed by atoms with Crippen LogP contribution in [-0.4, -0.2) is 6.54 Å². The van der Waals surface area contributed by atoms with E-state index < -0.39 is 0 Å². The van der Waals surface area contributed by atoms with Crippen molar-refractivity contribution >= 4 is 0 Å². The average Bonchev–Trinajstić information content (AvgIpc) is 2.48. The summed E-state index contributed by atoms with van der Waals surface area (Å²) >= 11 is 0. The van der Waals surface area contributed by atoms with E-state index in [9.17, 15) is 0 Å². The van der Waals surface area contributed by atoms with Gasteiger partial charge in [0.2, 0.25) is 0 Å². The third-order valence-electron chi connectivity index (χ3n) is 3.46. The predicted molar refractivity (Wildman–Crippen MR) is 83.9 cm³/mol. The van der Waals surface area contributed by atoms with Crippen LogP contribution in [0.2, 0.25) is 0 Å². The molecule has 0 amide bonds. The van der Waals surface area contributed by atoms with Crippen molar-refractivity contribution < 1.29 is 4.74 Å². The molecule has 0 bridgehead atoms. The summed E-state index contributed by atoms with van der Waals surface area (Å²) < 4.78 is 5.83. The fraction of sp³-hybridized carbons (Fsp3) is 0.333. The van der Waals surface area contributed by atoms with E-state index in [-0.39, 0.29) is 0 Å². The molecule has 0 radical (unpaired) electrons. The zero-order valence-corrected chi connectivity index (χ0v) is 12.1. The van der Waals surface area contributed by atoms with Gasteiger partial charge in [0.15, 0.2) is 0 Å². The van der Waals surface area contributed by atoms with Crippen LogP contribution in [0, 0.1) is 6.92 Å². The number of aryl methyl sites for hydroxylation is 2. The van der Waals surface area contributed by atoms with Gasteiger partial charge in [0, 0.05) is 0 Å². The molecular weight excluding hydrogens is 246 g/mol. The number of hydrogen-bond acceptors (Lipinski definition) is 2. The molecule has 0 aromatic heterocycles. The summed E-state index contributed by atoms with van der Waals surface area (Å²) in [6, 6.07) is 16.6. The van der Waals surface area contributed by atoms with Gasteiger partial charge >= 0.3 is 0 Å². The molecule has 0 saturated carbocycles. The quantitative estimate of drug-likeness (QED) is 0.775. The molecule has 2 aromatic rings. The number of nitrogens with two attached hydrogens (primary N) is 1. The van der Waals surface area contributed by atoms with Gasteiger partial charge in [0.05, 0.1) is 0 Å². The van der Waals surface area contributed by atoms with E-state index in [1.54, 1.807) is 0 Å². The number of benzene rings is 2. The molecule has 0 aliphatic rings. The molecule has 0 aliphatic heterocycles. The van der Waals surface area contributed by atoms with Crippen LogP contribution in [0.25, 0.3) is 0 Å². The second-order valence-corrected chi connectivity index (χ2v) is 5.11. The van der Waals surface area contributed by atoms with Gasteiger partial charge in [-0.15, -0.1) is 0 Å². The van der Waals surface area contributed by atoms with Crippen molar-refractivity contribution in [2.24, 2.45) is 5.73 Å². The second-order valence-electron chi connectivity index (χ2n) is 5.11. The molecule has 0 fully saturated rings. The van der Waals surface area contributed by atoms with E-state index in [1.165, 1.54) is 16.7 Å². The maximum absolute atomic E-state index is 5.83. The Morgan fingerprint density at radius 3 is 2.50 bits per heavy atom. The summed E-state index contributed by atoms with van der Waals surface area (Å²) in [7, 11) is 0. The van der Waals surface area contributed by atoms with Crippen molar-refractivity contribution in [1.82, 2.24) is 0 Å². The number of hydrogen-bond donors (Lipinski definition) is 1. The van der Waals surface area contributed by atoms with E-state index in [0.717, 1.165) is 31.6 Å². The molecule has 106 valence electrons. The second kappa shape index (κ2) is 7.71. The summed E-state index contributed by atoms with van der Waals surface area (Å²) in [6.45, 7) is 3.54. The molecule has 2 aromatic carbocycles. The van der Waals surface area contributed by atoms with Crippen LogP contribution in [0.1, 0.15) is 29.5 Å². The summed E-state index contributed by atoms with van der Waals surface area (Å²) in [4.78, 5) is 0. The number of unbranched alkanes of at least 4 members (excludes halogenated alkanes) is 1. The highest BCUT2D eigenvalue weighted by atomic mass is 16.5. The zero-order chi connectivity index (χ0) is 14.2. The van der Waals surface area contributed by atoms with E-state index in [1.807, 2.05) is 18.2 Å². The monoisotopic (exact) mass is 269 g/mol. The molecule has 0 atom stereocenters. The summed E-state index contributed by atoms with van der Waals surface area (Å²) in [5.74, 6) is 0.939. The smallest absolute Gasteiger partial charge is 0.120 e. The number of rotatable bonds is 7. The first-order chi connectivity index (χ1) is 9.79. The van der Waals surface area contributed by atoms with Crippen molar-refractivity contribution in [3.8, 4) is 5.75 Å². The van der Waals surface area contributed by atoms with Gasteiger partial charge in [0.1, 0.15) is 12.4 Å². The van der Waals surface area contributed by atoms with E-state index in [0.29, 0.717) is 6.61 Å². The lowest BCUT2D eigenvalue weighted by atomic mass is 10.0. The topological polar surface area (TPSA) is 35.2 Å². The molecular formula is C18H23NO. The lowest BCUT2D eigenvalue weighted by Gasteiger charge is -2.10. The van der Waals surface area contributed by atoms with Gasteiger partial charge < -0.3 is 10.5 Å². The van der Waals surface area contributed by atoms with Crippen molar-refractivity contribution in [3.63, 3.8) is 0 Å². The van der Waals surface area contributed by atoms with Crippen LogP contribution >= 0.6 is 0 Å².